The van der Waals surface area contributed by atoms with Crippen molar-refractivity contribution in [2.45, 2.75) is 19.8 Å². The first kappa shape index (κ1) is 15.4. The van der Waals surface area contributed by atoms with E-state index in [1.54, 1.807) is 0 Å². The van der Waals surface area contributed by atoms with Crippen molar-refractivity contribution in [1.82, 2.24) is 4.90 Å². The van der Waals surface area contributed by atoms with Crippen LogP contribution in [0.2, 0.25) is 0 Å². The first-order chi connectivity index (χ1) is 9.69. The lowest BCUT2D eigenvalue weighted by Crippen LogP contribution is -2.45. The van der Waals surface area contributed by atoms with E-state index in [1.165, 1.54) is 12.1 Å². The number of hydrogen-bond acceptors (Lipinski definition) is 3. The zero-order valence-corrected chi connectivity index (χ0v) is 11.8. The Morgan fingerprint density at radius 1 is 1.10 bits per heavy atom. The van der Waals surface area contributed by atoms with E-state index in [2.05, 4.69) is 11.8 Å². The van der Waals surface area contributed by atoms with Gasteiger partial charge in [-0.25, -0.2) is 8.78 Å². The highest BCUT2D eigenvalue weighted by Crippen LogP contribution is 2.05. The molecule has 1 heterocycles. The minimum atomic E-state index is -0.687. The van der Waals surface area contributed by atoms with Crippen molar-refractivity contribution in [3.8, 4) is 0 Å². The second-order valence-electron chi connectivity index (χ2n) is 4.97. The molecule has 0 unspecified atom stereocenters. The molecule has 2 rings (SSSR count). The molecule has 3 nitrogen and oxygen atoms in total. The quantitative estimate of drug-likeness (QED) is 0.787. The van der Waals surface area contributed by atoms with Crippen molar-refractivity contribution in [1.29, 1.82) is 0 Å². The summed E-state index contributed by atoms with van der Waals surface area (Å²) < 4.78 is 37.6. The first-order valence-corrected chi connectivity index (χ1v) is 7.10. The lowest BCUT2D eigenvalue weighted by molar-refractivity contribution is 0.115. The Morgan fingerprint density at radius 3 is 2.25 bits per heavy atom. The van der Waals surface area contributed by atoms with Crippen LogP contribution in [0.1, 0.15) is 19.8 Å². The van der Waals surface area contributed by atoms with Gasteiger partial charge in [0.1, 0.15) is 11.6 Å². The molecule has 0 atom stereocenters. The van der Waals surface area contributed by atoms with Crippen LogP contribution in [0.5, 0.6) is 0 Å². The van der Waals surface area contributed by atoms with Crippen LogP contribution < -0.4 is 5.46 Å². The third-order valence-corrected chi connectivity index (χ3v) is 3.34. The molecule has 6 heteroatoms. The monoisotopic (exact) mass is 283 g/mol. The number of rotatable bonds is 4. The molecule has 1 fully saturated rings. The zero-order chi connectivity index (χ0) is 14.4. The van der Waals surface area contributed by atoms with Gasteiger partial charge in [-0.1, -0.05) is 13.3 Å². The van der Waals surface area contributed by atoms with Crippen LogP contribution in [0.25, 0.3) is 0 Å². The molecule has 0 aliphatic carbocycles. The molecule has 110 valence electrons. The molecular formula is C14H20BF2NO2. The van der Waals surface area contributed by atoms with E-state index < -0.39 is 18.8 Å². The van der Waals surface area contributed by atoms with Crippen molar-refractivity contribution >= 4 is 12.6 Å². The van der Waals surface area contributed by atoms with Crippen LogP contribution in [0, 0.1) is 11.6 Å². The lowest BCUT2D eigenvalue weighted by atomic mass is 9.78. The van der Waals surface area contributed by atoms with Crippen molar-refractivity contribution in [2.75, 3.05) is 32.8 Å². The Bertz CT molecular complexity index is 403. The van der Waals surface area contributed by atoms with Crippen LogP contribution in [0.15, 0.2) is 18.2 Å². The predicted octanol–water partition coefficient (Wildman–Crippen LogP) is 1.81. The van der Waals surface area contributed by atoms with Gasteiger partial charge in [-0.05, 0) is 30.6 Å². The van der Waals surface area contributed by atoms with Crippen LogP contribution in [0.3, 0.4) is 0 Å². The van der Waals surface area contributed by atoms with Gasteiger partial charge >= 0.3 is 7.12 Å². The topological polar surface area (TPSA) is 21.7 Å². The van der Waals surface area contributed by atoms with Crippen LogP contribution in [0.4, 0.5) is 8.78 Å². The van der Waals surface area contributed by atoms with Gasteiger partial charge in [-0.2, -0.15) is 0 Å². The predicted molar refractivity (Wildman–Crippen MR) is 75.0 cm³/mol. The number of halogens is 2. The van der Waals surface area contributed by atoms with Gasteiger partial charge in [0.05, 0.1) is 0 Å². The highest BCUT2D eigenvalue weighted by Gasteiger charge is 2.25. The van der Waals surface area contributed by atoms with E-state index in [4.69, 9.17) is 9.31 Å². The molecule has 0 saturated carbocycles. The second kappa shape index (κ2) is 7.71. The van der Waals surface area contributed by atoms with Crippen LogP contribution >= 0.6 is 0 Å². The molecular weight excluding hydrogens is 263 g/mol. The first-order valence-electron chi connectivity index (χ1n) is 7.10. The Balaban J connectivity index is 1.92. The number of nitrogens with zero attached hydrogens (tertiary/aromatic N) is 1. The van der Waals surface area contributed by atoms with Crippen molar-refractivity contribution in [2.24, 2.45) is 0 Å². The fourth-order valence-corrected chi connectivity index (χ4v) is 2.25. The summed E-state index contributed by atoms with van der Waals surface area (Å²) in [5.41, 5.74) is 0.393. The molecule has 0 N–H and O–H groups in total. The maximum Gasteiger partial charge on any atom is 0.494 e. The highest BCUT2D eigenvalue weighted by atomic mass is 19.1. The summed E-state index contributed by atoms with van der Waals surface area (Å²) in [5.74, 6) is -1.22. The Labute approximate surface area is 119 Å². The summed E-state index contributed by atoms with van der Waals surface area (Å²) in [4.78, 5) is 2.28. The fraction of sp³-hybridized carbons (Fsp3) is 0.571. The second-order valence-corrected chi connectivity index (χ2v) is 4.97. The fourth-order valence-electron chi connectivity index (χ4n) is 2.25. The lowest BCUT2D eigenvalue weighted by Gasteiger charge is -2.27. The van der Waals surface area contributed by atoms with Gasteiger partial charge in [0.15, 0.2) is 0 Å². The summed E-state index contributed by atoms with van der Waals surface area (Å²) >= 11 is 0. The SMILES string of the molecule is CCCCN1CCOB(c2cc(F)cc(F)c2)OCC1. The largest absolute Gasteiger partial charge is 0.494 e. The van der Waals surface area contributed by atoms with Gasteiger partial charge in [0, 0.05) is 32.4 Å². The molecule has 1 aliphatic heterocycles. The summed E-state index contributed by atoms with van der Waals surface area (Å²) in [7, 11) is -0.687. The average molecular weight is 283 g/mol. The maximum absolute atomic E-state index is 13.2. The highest BCUT2D eigenvalue weighted by molar-refractivity contribution is 6.61. The Morgan fingerprint density at radius 2 is 1.70 bits per heavy atom. The van der Waals surface area contributed by atoms with Crippen molar-refractivity contribution in [3.05, 3.63) is 29.8 Å². The van der Waals surface area contributed by atoms with Gasteiger partial charge in [-0.3, -0.25) is 4.90 Å². The Kier molecular flexibility index (Phi) is 5.95. The molecule has 0 bridgehead atoms. The van der Waals surface area contributed by atoms with E-state index >= 15 is 0 Å². The third kappa shape index (κ3) is 4.54. The summed E-state index contributed by atoms with van der Waals surface area (Å²) in [6.45, 7) is 5.81. The molecule has 20 heavy (non-hydrogen) atoms. The summed E-state index contributed by atoms with van der Waals surface area (Å²) in [5, 5.41) is 0. The van der Waals surface area contributed by atoms with Crippen LogP contribution in [-0.4, -0.2) is 44.9 Å². The summed E-state index contributed by atoms with van der Waals surface area (Å²) in [6.07, 6.45) is 2.31. The van der Waals surface area contributed by atoms with Crippen LogP contribution in [-0.2, 0) is 9.31 Å². The maximum atomic E-state index is 13.2. The zero-order valence-electron chi connectivity index (χ0n) is 11.8. The van der Waals surface area contributed by atoms with E-state index in [1.807, 2.05) is 0 Å². The minimum absolute atomic E-state index is 0.393. The van der Waals surface area contributed by atoms with Gasteiger partial charge in [0.2, 0.25) is 0 Å². The molecule has 0 amide bonds. The molecule has 0 spiro atoms. The molecule has 0 radical (unpaired) electrons. The van der Waals surface area contributed by atoms with Crippen molar-refractivity contribution in [3.63, 3.8) is 0 Å². The minimum Gasteiger partial charge on any atom is -0.406 e. The molecule has 0 aromatic heterocycles. The van der Waals surface area contributed by atoms with E-state index in [0.29, 0.717) is 18.7 Å². The smallest absolute Gasteiger partial charge is 0.406 e. The van der Waals surface area contributed by atoms with E-state index in [-0.39, 0.29) is 0 Å². The number of benzene rings is 1. The Hall–Kier alpha value is -0.975. The number of hydrogen-bond donors (Lipinski definition) is 0. The third-order valence-electron chi connectivity index (χ3n) is 3.34. The van der Waals surface area contributed by atoms with Gasteiger partial charge < -0.3 is 9.31 Å². The summed E-state index contributed by atoms with van der Waals surface area (Å²) in [6, 6.07) is 3.35. The van der Waals surface area contributed by atoms with Gasteiger partial charge in [0.25, 0.3) is 0 Å². The standard InChI is InChI=1S/C14H20BF2NO2/c1-2-3-4-18-5-7-19-15(20-8-6-18)12-9-13(16)11-14(17)10-12/h9-11H,2-8H2,1H3. The number of unbranched alkanes of at least 4 members (excludes halogenated alkanes) is 1. The molecule has 1 aliphatic rings. The normalized spacial score (nSPS) is 17.9. The molecule has 1 saturated heterocycles. The average Bonchev–Trinajstić information content (AvgIpc) is 2.36. The molecule has 1 aromatic rings. The van der Waals surface area contributed by atoms with Gasteiger partial charge in [-0.15, -0.1) is 0 Å². The van der Waals surface area contributed by atoms with E-state index in [0.717, 1.165) is 38.5 Å². The van der Waals surface area contributed by atoms with E-state index in [9.17, 15) is 8.78 Å². The molecule has 1 aromatic carbocycles. The van der Waals surface area contributed by atoms with Crippen molar-refractivity contribution < 1.29 is 18.1 Å².